The molecule has 2 aromatic carbocycles. The fourth-order valence-electron chi connectivity index (χ4n) is 4.60. The molecule has 0 spiro atoms. The van der Waals surface area contributed by atoms with E-state index in [1.165, 1.54) is 5.56 Å². The van der Waals surface area contributed by atoms with Crippen LogP contribution in [0.2, 0.25) is 0 Å². The van der Waals surface area contributed by atoms with Gasteiger partial charge in [-0.05, 0) is 47.1 Å². The van der Waals surface area contributed by atoms with Crippen molar-refractivity contribution in [1.29, 1.82) is 0 Å². The lowest BCUT2D eigenvalue weighted by molar-refractivity contribution is 0.314. The Balaban J connectivity index is 1.35. The van der Waals surface area contributed by atoms with E-state index >= 15 is 0 Å². The van der Waals surface area contributed by atoms with Crippen molar-refractivity contribution >= 4 is 15.9 Å². The van der Waals surface area contributed by atoms with Crippen LogP contribution >= 0.6 is 0 Å². The first kappa shape index (κ1) is 16.0. The number of likely N-dealkylation sites (tertiary alicyclic amines) is 1. The van der Waals surface area contributed by atoms with Crippen molar-refractivity contribution in [2.75, 3.05) is 13.1 Å². The van der Waals surface area contributed by atoms with E-state index in [1.807, 2.05) is 24.3 Å². The third kappa shape index (κ3) is 2.56. The number of hydrogen-bond acceptors (Lipinski definition) is 3. The molecule has 1 aliphatic carbocycles. The van der Waals surface area contributed by atoms with Gasteiger partial charge in [-0.3, -0.25) is 4.90 Å². The number of fused-ring (bicyclic) bond motifs is 2. The maximum atomic E-state index is 12.9. The van der Waals surface area contributed by atoms with Gasteiger partial charge in [0, 0.05) is 19.6 Å². The second-order valence-corrected chi connectivity index (χ2v) is 9.44. The Morgan fingerprint density at radius 1 is 0.962 bits per heavy atom. The summed E-state index contributed by atoms with van der Waals surface area (Å²) in [4.78, 5) is 3.48. The van der Waals surface area contributed by atoms with Crippen molar-refractivity contribution in [3.05, 3.63) is 82.3 Å². The summed E-state index contributed by atoms with van der Waals surface area (Å²) >= 11 is 0. The number of benzene rings is 2. The van der Waals surface area contributed by atoms with Crippen molar-refractivity contribution in [1.82, 2.24) is 4.90 Å². The van der Waals surface area contributed by atoms with E-state index in [0.29, 0.717) is 21.6 Å². The van der Waals surface area contributed by atoms with E-state index in [4.69, 9.17) is 0 Å². The highest BCUT2D eigenvalue weighted by atomic mass is 32.2. The van der Waals surface area contributed by atoms with Gasteiger partial charge in [-0.1, -0.05) is 54.6 Å². The van der Waals surface area contributed by atoms with Crippen LogP contribution in [0.4, 0.5) is 0 Å². The Bertz CT molecular complexity index is 1020. The molecule has 3 nitrogen and oxygen atoms in total. The van der Waals surface area contributed by atoms with Crippen LogP contribution in [0.15, 0.2) is 76.0 Å². The van der Waals surface area contributed by atoms with E-state index in [2.05, 4.69) is 35.2 Å². The molecule has 3 aliphatic rings. The molecule has 1 saturated heterocycles. The van der Waals surface area contributed by atoms with Crippen LogP contribution in [-0.2, 0) is 16.4 Å². The molecular weight excluding hydrogens is 342 g/mol. The molecule has 2 unspecified atom stereocenters. The molecule has 0 aromatic heterocycles. The predicted octanol–water partition coefficient (Wildman–Crippen LogP) is 3.89. The van der Waals surface area contributed by atoms with Crippen molar-refractivity contribution < 1.29 is 8.42 Å². The average molecular weight is 363 g/mol. The van der Waals surface area contributed by atoms with Crippen molar-refractivity contribution in [2.24, 2.45) is 11.8 Å². The largest absolute Gasteiger partial charge is 0.298 e. The first-order valence-corrected chi connectivity index (χ1v) is 10.6. The quantitative estimate of drug-likeness (QED) is 0.830. The SMILES string of the molecule is O=S1(=O)C(C2=CC3CN(Cc4ccccc4)CC3C2)=Cc2ccccc21. The zero-order valence-corrected chi connectivity index (χ0v) is 15.3. The highest BCUT2D eigenvalue weighted by Crippen LogP contribution is 2.45. The molecule has 2 heterocycles. The molecule has 0 radical (unpaired) electrons. The number of allylic oxidation sites excluding steroid dienone is 1. The second-order valence-electron chi connectivity index (χ2n) is 7.55. The molecule has 2 aromatic rings. The monoisotopic (exact) mass is 363 g/mol. The van der Waals surface area contributed by atoms with Gasteiger partial charge in [-0.25, -0.2) is 8.42 Å². The summed E-state index contributed by atoms with van der Waals surface area (Å²) in [6, 6.07) is 17.8. The summed E-state index contributed by atoms with van der Waals surface area (Å²) in [6.45, 7) is 3.03. The Labute approximate surface area is 154 Å². The molecular formula is C22H21NO2S. The van der Waals surface area contributed by atoms with Crippen LogP contribution in [0, 0.1) is 11.8 Å². The Kier molecular flexibility index (Phi) is 3.66. The lowest BCUT2D eigenvalue weighted by Crippen LogP contribution is -2.21. The van der Waals surface area contributed by atoms with Crippen LogP contribution in [0.3, 0.4) is 0 Å². The van der Waals surface area contributed by atoms with Gasteiger partial charge in [0.1, 0.15) is 0 Å². The third-order valence-corrected chi connectivity index (χ3v) is 7.72. The molecule has 0 saturated carbocycles. The predicted molar refractivity (Wildman–Crippen MR) is 103 cm³/mol. The third-order valence-electron chi connectivity index (χ3n) is 5.81. The van der Waals surface area contributed by atoms with E-state index in [-0.39, 0.29) is 0 Å². The Hall–Kier alpha value is -2.17. The number of nitrogens with zero attached hydrogens (tertiary/aromatic N) is 1. The van der Waals surface area contributed by atoms with Crippen LogP contribution in [-0.4, -0.2) is 26.4 Å². The minimum Gasteiger partial charge on any atom is -0.298 e. The topological polar surface area (TPSA) is 37.4 Å². The van der Waals surface area contributed by atoms with E-state index in [9.17, 15) is 8.42 Å². The lowest BCUT2D eigenvalue weighted by atomic mass is 10.00. The average Bonchev–Trinajstić information content (AvgIpc) is 3.26. The van der Waals surface area contributed by atoms with E-state index < -0.39 is 9.84 Å². The summed E-state index contributed by atoms with van der Waals surface area (Å²) in [6.07, 6.45) is 4.96. The standard InChI is InChI=1S/C22H21NO2S/c24-26(25)21-9-5-4-8-17(21)12-22(26)18-10-19-14-23(15-20(19)11-18)13-16-6-2-1-3-7-16/h1-10,12,19-20H,11,13-15H2. The smallest absolute Gasteiger partial charge is 0.207 e. The molecule has 2 atom stereocenters. The molecule has 4 heteroatoms. The van der Waals surface area contributed by atoms with E-state index in [0.717, 1.165) is 37.2 Å². The first-order valence-electron chi connectivity index (χ1n) is 9.14. The van der Waals surface area contributed by atoms with Gasteiger partial charge in [-0.15, -0.1) is 0 Å². The minimum absolute atomic E-state index is 0.457. The van der Waals surface area contributed by atoms with Crippen LogP contribution in [0.25, 0.3) is 6.08 Å². The lowest BCUT2D eigenvalue weighted by Gasteiger charge is -2.17. The van der Waals surface area contributed by atoms with Crippen LogP contribution < -0.4 is 0 Å². The number of hydrogen-bond donors (Lipinski definition) is 0. The fourth-order valence-corrected chi connectivity index (χ4v) is 6.31. The summed E-state index contributed by atoms with van der Waals surface area (Å²) in [7, 11) is -3.34. The van der Waals surface area contributed by atoms with Gasteiger partial charge in [0.25, 0.3) is 0 Å². The van der Waals surface area contributed by atoms with Crippen molar-refractivity contribution in [3.63, 3.8) is 0 Å². The Morgan fingerprint density at radius 3 is 2.50 bits per heavy atom. The molecule has 1 fully saturated rings. The molecule has 0 amide bonds. The Morgan fingerprint density at radius 2 is 1.73 bits per heavy atom. The van der Waals surface area contributed by atoms with Gasteiger partial charge >= 0.3 is 0 Å². The van der Waals surface area contributed by atoms with E-state index in [1.54, 1.807) is 12.1 Å². The number of sulfone groups is 1. The van der Waals surface area contributed by atoms with Crippen LogP contribution in [0.1, 0.15) is 17.5 Å². The summed E-state index contributed by atoms with van der Waals surface area (Å²) in [5.74, 6) is 1.00. The van der Waals surface area contributed by atoms with Crippen molar-refractivity contribution in [3.8, 4) is 0 Å². The second kappa shape index (κ2) is 5.93. The number of rotatable bonds is 3. The zero-order chi connectivity index (χ0) is 17.7. The van der Waals surface area contributed by atoms with Gasteiger partial charge in [0.05, 0.1) is 9.80 Å². The molecule has 0 bridgehead atoms. The molecule has 0 N–H and O–H groups in total. The normalized spacial score (nSPS) is 26.3. The molecule has 132 valence electrons. The minimum atomic E-state index is -3.34. The van der Waals surface area contributed by atoms with Crippen LogP contribution in [0.5, 0.6) is 0 Å². The molecule has 2 aliphatic heterocycles. The highest BCUT2D eigenvalue weighted by molar-refractivity contribution is 7.96. The first-order chi connectivity index (χ1) is 12.6. The fraction of sp³-hybridized carbons (Fsp3) is 0.273. The maximum Gasteiger partial charge on any atom is 0.207 e. The summed E-state index contributed by atoms with van der Waals surface area (Å²) in [5, 5.41) is 0. The maximum absolute atomic E-state index is 12.9. The summed E-state index contributed by atoms with van der Waals surface area (Å²) < 4.78 is 25.8. The van der Waals surface area contributed by atoms with Crippen molar-refractivity contribution in [2.45, 2.75) is 17.9 Å². The molecule has 26 heavy (non-hydrogen) atoms. The van der Waals surface area contributed by atoms with Gasteiger partial charge < -0.3 is 0 Å². The molecule has 5 rings (SSSR count). The van der Waals surface area contributed by atoms with Gasteiger partial charge in [0.15, 0.2) is 0 Å². The summed E-state index contributed by atoms with van der Waals surface area (Å²) in [5.41, 5.74) is 3.19. The van der Waals surface area contributed by atoms with Gasteiger partial charge in [0.2, 0.25) is 9.84 Å². The zero-order valence-electron chi connectivity index (χ0n) is 14.5. The van der Waals surface area contributed by atoms with Gasteiger partial charge in [-0.2, -0.15) is 0 Å². The highest BCUT2D eigenvalue weighted by Gasteiger charge is 2.40.